The molecule has 0 unspecified atom stereocenters. The highest BCUT2D eigenvalue weighted by Gasteiger charge is 2.05. The summed E-state index contributed by atoms with van der Waals surface area (Å²) >= 11 is 0. The molecule has 0 atom stereocenters. The maximum Gasteiger partial charge on any atom is 0.183 e. The maximum absolute atomic E-state index is 13.5. The molecular weight excluding hydrogens is 207 g/mol. The fourth-order valence-electron chi connectivity index (χ4n) is 1.41. The number of nitrogens with zero attached hydrogens (tertiary/aromatic N) is 4. The van der Waals surface area contributed by atoms with Crippen LogP contribution in [0.4, 0.5) is 4.39 Å². The van der Waals surface area contributed by atoms with Crippen LogP contribution in [0.5, 0.6) is 0 Å². The van der Waals surface area contributed by atoms with E-state index >= 15 is 0 Å². The molecule has 2 rings (SSSR count). The van der Waals surface area contributed by atoms with E-state index in [0.29, 0.717) is 17.7 Å². The third-order valence-electron chi connectivity index (χ3n) is 2.29. The second-order valence-corrected chi connectivity index (χ2v) is 3.29. The largest absolute Gasteiger partial charge is 0.219 e. The molecular formula is C11H9FN4. The summed E-state index contributed by atoms with van der Waals surface area (Å²) in [5.74, 6) is -0.269. The van der Waals surface area contributed by atoms with Crippen molar-refractivity contribution < 1.29 is 4.39 Å². The van der Waals surface area contributed by atoms with Crippen molar-refractivity contribution in [1.29, 1.82) is 5.26 Å². The zero-order valence-electron chi connectivity index (χ0n) is 8.68. The molecule has 0 fully saturated rings. The molecule has 1 aromatic heterocycles. The maximum atomic E-state index is 13.5. The molecule has 0 saturated heterocycles. The van der Waals surface area contributed by atoms with Crippen molar-refractivity contribution in [3.05, 3.63) is 41.5 Å². The molecule has 5 heteroatoms. The van der Waals surface area contributed by atoms with Crippen LogP contribution in [0.15, 0.2) is 24.4 Å². The van der Waals surface area contributed by atoms with Crippen LogP contribution in [0.2, 0.25) is 0 Å². The first-order valence-electron chi connectivity index (χ1n) is 4.86. The van der Waals surface area contributed by atoms with Crippen molar-refractivity contribution >= 4 is 0 Å². The summed E-state index contributed by atoms with van der Waals surface area (Å²) in [5, 5.41) is 15.9. The van der Waals surface area contributed by atoms with Gasteiger partial charge in [-0.15, -0.1) is 5.10 Å². The van der Waals surface area contributed by atoms with Gasteiger partial charge in [0, 0.05) is 0 Å². The average Bonchev–Trinajstić information content (AvgIpc) is 2.77. The summed E-state index contributed by atoms with van der Waals surface area (Å²) in [5.41, 5.74) is 1.42. The van der Waals surface area contributed by atoms with E-state index in [4.69, 9.17) is 5.26 Å². The van der Waals surface area contributed by atoms with Gasteiger partial charge in [-0.25, -0.2) is 9.07 Å². The zero-order chi connectivity index (χ0) is 11.5. The van der Waals surface area contributed by atoms with Gasteiger partial charge in [0.05, 0.1) is 11.9 Å². The first-order chi connectivity index (χ1) is 7.74. The van der Waals surface area contributed by atoms with Crippen molar-refractivity contribution in [2.45, 2.75) is 13.3 Å². The van der Waals surface area contributed by atoms with Crippen LogP contribution in [-0.2, 0) is 6.42 Å². The number of aromatic nitrogens is 3. The van der Waals surface area contributed by atoms with Crippen molar-refractivity contribution in [1.82, 2.24) is 15.0 Å². The van der Waals surface area contributed by atoms with Gasteiger partial charge in [-0.1, -0.05) is 18.2 Å². The minimum atomic E-state index is -0.269. The van der Waals surface area contributed by atoms with E-state index in [-0.39, 0.29) is 11.5 Å². The van der Waals surface area contributed by atoms with E-state index in [2.05, 4.69) is 10.3 Å². The van der Waals surface area contributed by atoms with Crippen LogP contribution in [0.1, 0.15) is 18.2 Å². The van der Waals surface area contributed by atoms with Gasteiger partial charge in [0.2, 0.25) is 0 Å². The lowest BCUT2D eigenvalue weighted by Gasteiger charge is -2.03. The topological polar surface area (TPSA) is 54.5 Å². The molecule has 1 heterocycles. The third-order valence-corrected chi connectivity index (χ3v) is 2.29. The molecule has 16 heavy (non-hydrogen) atoms. The van der Waals surface area contributed by atoms with Crippen LogP contribution in [0.3, 0.4) is 0 Å². The van der Waals surface area contributed by atoms with E-state index in [1.165, 1.54) is 16.9 Å². The first-order valence-corrected chi connectivity index (χ1v) is 4.86. The summed E-state index contributed by atoms with van der Waals surface area (Å²) in [6, 6.07) is 6.70. The Labute approximate surface area is 91.9 Å². The van der Waals surface area contributed by atoms with Crippen LogP contribution < -0.4 is 0 Å². The minimum Gasteiger partial charge on any atom is -0.219 e. The molecule has 0 amide bonds. The Kier molecular flexibility index (Phi) is 2.64. The smallest absolute Gasteiger partial charge is 0.183 e. The molecule has 4 nitrogen and oxygen atoms in total. The van der Waals surface area contributed by atoms with Gasteiger partial charge < -0.3 is 0 Å². The number of halogens is 1. The molecule has 0 N–H and O–H groups in total. The monoisotopic (exact) mass is 216 g/mol. The molecule has 0 saturated carbocycles. The SMILES string of the molecule is CCc1ccc(-n2cc(C#N)nn2)cc1F. The predicted molar refractivity (Wildman–Crippen MR) is 55.4 cm³/mol. The summed E-state index contributed by atoms with van der Waals surface area (Å²) < 4.78 is 14.9. The van der Waals surface area contributed by atoms with E-state index in [1.807, 2.05) is 13.0 Å². The van der Waals surface area contributed by atoms with Gasteiger partial charge in [-0.05, 0) is 24.1 Å². The van der Waals surface area contributed by atoms with E-state index in [9.17, 15) is 4.39 Å². The Balaban J connectivity index is 2.42. The molecule has 80 valence electrons. The Hall–Kier alpha value is -2.22. The van der Waals surface area contributed by atoms with Gasteiger partial charge in [0.1, 0.15) is 11.9 Å². The molecule has 0 spiro atoms. The predicted octanol–water partition coefficient (Wildman–Crippen LogP) is 1.84. The second kappa shape index (κ2) is 4.11. The standard InChI is InChI=1S/C11H9FN4/c1-2-8-3-4-10(5-11(8)12)16-7-9(6-13)14-15-16/h3-5,7H,2H2,1H3. The highest BCUT2D eigenvalue weighted by Crippen LogP contribution is 2.13. The van der Waals surface area contributed by atoms with Crippen molar-refractivity contribution in [3.8, 4) is 11.8 Å². The highest BCUT2D eigenvalue weighted by atomic mass is 19.1. The Morgan fingerprint density at radius 2 is 2.31 bits per heavy atom. The molecule has 1 aromatic carbocycles. The van der Waals surface area contributed by atoms with E-state index in [0.717, 1.165) is 0 Å². The fraction of sp³-hybridized carbons (Fsp3) is 0.182. The Morgan fingerprint density at radius 1 is 1.50 bits per heavy atom. The van der Waals surface area contributed by atoms with Crippen molar-refractivity contribution in [2.75, 3.05) is 0 Å². The first kappa shape index (κ1) is 10.3. The number of hydrogen-bond acceptors (Lipinski definition) is 3. The van der Waals surface area contributed by atoms with Crippen LogP contribution in [-0.4, -0.2) is 15.0 Å². The quantitative estimate of drug-likeness (QED) is 0.769. The van der Waals surface area contributed by atoms with Crippen molar-refractivity contribution in [3.63, 3.8) is 0 Å². The summed E-state index contributed by atoms with van der Waals surface area (Å²) in [4.78, 5) is 0. The Morgan fingerprint density at radius 3 is 2.88 bits per heavy atom. The van der Waals surface area contributed by atoms with Crippen LogP contribution >= 0.6 is 0 Å². The molecule has 0 aliphatic carbocycles. The molecule has 0 aliphatic rings. The lowest BCUT2D eigenvalue weighted by molar-refractivity contribution is 0.609. The molecule has 0 radical (unpaired) electrons. The zero-order valence-corrected chi connectivity index (χ0v) is 8.68. The minimum absolute atomic E-state index is 0.208. The number of nitriles is 1. The van der Waals surface area contributed by atoms with E-state index in [1.54, 1.807) is 12.1 Å². The second-order valence-electron chi connectivity index (χ2n) is 3.29. The lowest BCUT2D eigenvalue weighted by atomic mass is 10.1. The molecule has 0 bridgehead atoms. The summed E-state index contributed by atoms with van der Waals surface area (Å²) in [7, 11) is 0. The number of rotatable bonds is 2. The van der Waals surface area contributed by atoms with Crippen LogP contribution in [0.25, 0.3) is 5.69 Å². The highest BCUT2D eigenvalue weighted by molar-refractivity contribution is 5.35. The third kappa shape index (κ3) is 1.77. The lowest BCUT2D eigenvalue weighted by Crippen LogP contribution is -1.97. The molecule has 2 aromatic rings. The van der Waals surface area contributed by atoms with Crippen LogP contribution in [0, 0.1) is 17.1 Å². The van der Waals surface area contributed by atoms with E-state index < -0.39 is 0 Å². The number of aryl methyl sites for hydroxylation is 1. The number of hydrogen-bond donors (Lipinski definition) is 0. The normalized spacial score (nSPS) is 10.1. The Bertz CT molecular complexity index is 553. The van der Waals surface area contributed by atoms with Gasteiger partial charge in [0.15, 0.2) is 5.69 Å². The van der Waals surface area contributed by atoms with Crippen molar-refractivity contribution in [2.24, 2.45) is 0 Å². The van der Waals surface area contributed by atoms with Gasteiger partial charge in [0.25, 0.3) is 0 Å². The number of benzene rings is 1. The van der Waals surface area contributed by atoms with Gasteiger partial charge in [-0.3, -0.25) is 0 Å². The van der Waals surface area contributed by atoms with Gasteiger partial charge in [-0.2, -0.15) is 5.26 Å². The fourth-order valence-corrected chi connectivity index (χ4v) is 1.41. The molecule has 0 aliphatic heterocycles. The average molecular weight is 216 g/mol. The summed E-state index contributed by atoms with van der Waals surface area (Å²) in [6.45, 7) is 1.89. The van der Waals surface area contributed by atoms with Gasteiger partial charge >= 0.3 is 0 Å². The summed E-state index contributed by atoms with van der Waals surface area (Å²) in [6.07, 6.45) is 2.10.